The van der Waals surface area contributed by atoms with Crippen molar-refractivity contribution in [3.8, 4) is 5.75 Å². The Bertz CT molecular complexity index is 956. The molecule has 2 aromatic carbocycles. The molecule has 8 heteroatoms. The molecule has 1 atom stereocenters. The van der Waals surface area contributed by atoms with Crippen molar-refractivity contribution in [1.29, 1.82) is 0 Å². The molecular weight excluding hydrogens is 378 g/mol. The lowest BCUT2D eigenvalue weighted by atomic mass is 10.2. The van der Waals surface area contributed by atoms with Crippen LogP contribution in [-0.4, -0.2) is 64.3 Å². The highest BCUT2D eigenvalue weighted by Gasteiger charge is 2.37. The van der Waals surface area contributed by atoms with Crippen molar-refractivity contribution in [3.63, 3.8) is 0 Å². The summed E-state index contributed by atoms with van der Waals surface area (Å²) in [7, 11) is -3.51. The molecule has 4 rings (SSSR count). The Labute approximate surface area is 165 Å². The third kappa shape index (κ3) is 3.64. The smallest absolute Gasteiger partial charge is 0.265 e. The van der Waals surface area contributed by atoms with Crippen molar-refractivity contribution >= 4 is 27.3 Å². The summed E-state index contributed by atoms with van der Waals surface area (Å²) in [5.74, 6) is 0.247. The van der Waals surface area contributed by atoms with E-state index in [1.165, 1.54) is 4.31 Å². The molecule has 2 aromatic rings. The Morgan fingerprint density at radius 2 is 1.61 bits per heavy atom. The predicted octanol–water partition coefficient (Wildman–Crippen LogP) is 1.56. The van der Waals surface area contributed by atoms with E-state index in [4.69, 9.17) is 4.74 Å². The van der Waals surface area contributed by atoms with Gasteiger partial charge in [0.15, 0.2) is 6.10 Å². The van der Waals surface area contributed by atoms with Gasteiger partial charge in [0.1, 0.15) is 5.75 Å². The summed E-state index contributed by atoms with van der Waals surface area (Å²) in [6.07, 6.45) is 0.308. The van der Waals surface area contributed by atoms with E-state index >= 15 is 0 Å². The number of fused-ring (bicyclic) bond motifs is 1. The lowest BCUT2D eigenvalue weighted by Gasteiger charge is -2.40. The van der Waals surface area contributed by atoms with Crippen LogP contribution >= 0.6 is 0 Å². The van der Waals surface area contributed by atoms with Gasteiger partial charge in [-0.25, -0.2) is 8.42 Å². The summed E-state index contributed by atoms with van der Waals surface area (Å²) < 4.78 is 31.6. The average Bonchev–Trinajstić information content (AvgIpc) is 2.72. The first kappa shape index (κ1) is 18.6. The van der Waals surface area contributed by atoms with Gasteiger partial charge in [-0.15, -0.1) is 0 Å². The summed E-state index contributed by atoms with van der Waals surface area (Å²) in [5, 5.41) is 0. The minimum atomic E-state index is -3.51. The Balaban J connectivity index is 1.47. The lowest BCUT2D eigenvalue weighted by Crippen LogP contribution is -2.56. The maximum absolute atomic E-state index is 13.0. The van der Waals surface area contributed by atoms with Gasteiger partial charge in [-0.1, -0.05) is 30.3 Å². The summed E-state index contributed by atoms with van der Waals surface area (Å²) in [5.41, 5.74) is 1.61. The number of carbonyl (C=O) groups excluding carboxylic acids is 1. The second-order valence-electron chi connectivity index (χ2n) is 7.02. The fourth-order valence-corrected chi connectivity index (χ4v) is 4.59. The zero-order chi connectivity index (χ0) is 19.7. The fraction of sp³-hybridized carbons (Fsp3) is 0.350. The van der Waals surface area contributed by atoms with E-state index in [0.717, 1.165) is 25.0 Å². The molecule has 7 nitrogen and oxygen atoms in total. The Morgan fingerprint density at radius 3 is 2.29 bits per heavy atom. The Morgan fingerprint density at radius 1 is 0.964 bits per heavy atom. The van der Waals surface area contributed by atoms with Gasteiger partial charge in [-0.05, 0) is 24.3 Å². The molecule has 2 heterocycles. The molecule has 0 N–H and O–H groups in total. The van der Waals surface area contributed by atoms with Crippen LogP contribution in [0.1, 0.15) is 0 Å². The van der Waals surface area contributed by atoms with Gasteiger partial charge in [0.05, 0.1) is 18.5 Å². The molecule has 1 amide bonds. The molecule has 0 aromatic heterocycles. The number of carbonyl (C=O) groups is 1. The van der Waals surface area contributed by atoms with Crippen LogP contribution in [0.2, 0.25) is 0 Å². The number of hydrogen-bond acceptors (Lipinski definition) is 5. The summed E-state index contributed by atoms with van der Waals surface area (Å²) in [6.45, 7) is 2.61. The van der Waals surface area contributed by atoms with Crippen molar-refractivity contribution < 1.29 is 17.9 Å². The maximum atomic E-state index is 13.0. The van der Waals surface area contributed by atoms with Crippen LogP contribution in [0.25, 0.3) is 0 Å². The number of ether oxygens (including phenoxy) is 1. The second kappa shape index (κ2) is 7.35. The quantitative estimate of drug-likeness (QED) is 0.781. The molecule has 28 heavy (non-hydrogen) atoms. The molecule has 148 valence electrons. The molecular formula is C20H23N3O4S. The van der Waals surface area contributed by atoms with E-state index in [2.05, 4.69) is 17.0 Å². The number of amides is 1. The van der Waals surface area contributed by atoms with E-state index in [1.807, 2.05) is 18.2 Å². The third-order valence-electron chi connectivity index (χ3n) is 5.12. The van der Waals surface area contributed by atoms with Gasteiger partial charge in [0, 0.05) is 31.9 Å². The Kier molecular flexibility index (Phi) is 4.89. The number of piperazine rings is 1. The highest BCUT2D eigenvalue weighted by molar-refractivity contribution is 7.92. The highest BCUT2D eigenvalue weighted by atomic mass is 32.2. The SMILES string of the molecule is CS(=O)(=O)N1CC(C(=O)N2CCN(c3ccccc3)CC2)Oc2ccccc21. The summed E-state index contributed by atoms with van der Waals surface area (Å²) in [6, 6.07) is 17.0. The Hall–Kier alpha value is -2.74. The number of anilines is 2. The highest BCUT2D eigenvalue weighted by Crippen LogP contribution is 2.35. The van der Waals surface area contributed by atoms with Crippen molar-refractivity contribution in [2.24, 2.45) is 0 Å². The molecule has 2 aliphatic rings. The largest absolute Gasteiger partial charge is 0.476 e. The molecule has 1 unspecified atom stereocenters. The van der Waals surface area contributed by atoms with E-state index in [-0.39, 0.29) is 12.5 Å². The van der Waals surface area contributed by atoms with Crippen molar-refractivity contribution in [2.45, 2.75) is 6.10 Å². The van der Waals surface area contributed by atoms with Crippen LogP contribution in [-0.2, 0) is 14.8 Å². The van der Waals surface area contributed by atoms with Crippen LogP contribution in [0.5, 0.6) is 5.75 Å². The van der Waals surface area contributed by atoms with Gasteiger partial charge in [-0.3, -0.25) is 9.10 Å². The molecule has 0 radical (unpaired) electrons. The van der Waals surface area contributed by atoms with Crippen LogP contribution in [0.3, 0.4) is 0 Å². The van der Waals surface area contributed by atoms with E-state index < -0.39 is 16.1 Å². The number of benzene rings is 2. The van der Waals surface area contributed by atoms with Crippen LogP contribution in [0.4, 0.5) is 11.4 Å². The van der Waals surface area contributed by atoms with Crippen molar-refractivity contribution in [3.05, 3.63) is 54.6 Å². The number of para-hydroxylation sites is 3. The molecule has 2 aliphatic heterocycles. The van der Waals surface area contributed by atoms with Gasteiger partial charge < -0.3 is 14.5 Å². The lowest BCUT2D eigenvalue weighted by molar-refractivity contribution is -0.138. The van der Waals surface area contributed by atoms with E-state index in [9.17, 15) is 13.2 Å². The minimum Gasteiger partial charge on any atom is -0.476 e. The minimum absolute atomic E-state index is 0.00637. The molecule has 1 saturated heterocycles. The number of nitrogens with zero attached hydrogens (tertiary/aromatic N) is 3. The topological polar surface area (TPSA) is 70.2 Å². The predicted molar refractivity (Wildman–Crippen MR) is 108 cm³/mol. The van der Waals surface area contributed by atoms with Gasteiger partial charge in [-0.2, -0.15) is 0 Å². The van der Waals surface area contributed by atoms with Crippen molar-refractivity contribution in [2.75, 3.05) is 48.2 Å². The van der Waals surface area contributed by atoms with Crippen molar-refractivity contribution in [1.82, 2.24) is 4.90 Å². The zero-order valence-electron chi connectivity index (χ0n) is 15.7. The molecule has 0 saturated carbocycles. The normalized spacial score (nSPS) is 19.8. The maximum Gasteiger partial charge on any atom is 0.265 e. The van der Waals surface area contributed by atoms with Gasteiger partial charge in [0.25, 0.3) is 5.91 Å². The molecule has 0 spiro atoms. The number of rotatable bonds is 3. The first-order valence-electron chi connectivity index (χ1n) is 9.26. The molecule has 0 aliphatic carbocycles. The number of sulfonamides is 1. The molecule has 1 fully saturated rings. The van der Waals surface area contributed by atoms with Gasteiger partial charge in [0.2, 0.25) is 10.0 Å². The fourth-order valence-electron chi connectivity index (χ4n) is 3.67. The van der Waals surface area contributed by atoms with Crippen LogP contribution in [0.15, 0.2) is 54.6 Å². The second-order valence-corrected chi connectivity index (χ2v) is 8.92. The van der Waals surface area contributed by atoms with Crippen LogP contribution < -0.4 is 13.9 Å². The zero-order valence-corrected chi connectivity index (χ0v) is 16.5. The van der Waals surface area contributed by atoms with E-state index in [1.54, 1.807) is 29.2 Å². The first-order chi connectivity index (χ1) is 13.4. The summed E-state index contributed by atoms with van der Waals surface area (Å²) >= 11 is 0. The third-order valence-corrected chi connectivity index (χ3v) is 6.27. The van der Waals surface area contributed by atoms with E-state index in [0.29, 0.717) is 24.5 Å². The van der Waals surface area contributed by atoms with Crippen LogP contribution in [0, 0.1) is 0 Å². The average molecular weight is 401 g/mol. The first-order valence-corrected chi connectivity index (χ1v) is 11.1. The summed E-state index contributed by atoms with van der Waals surface area (Å²) in [4.78, 5) is 17.0. The van der Waals surface area contributed by atoms with Gasteiger partial charge >= 0.3 is 0 Å². The number of hydrogen-bond donors (Lipinski definition) is 0. The standard InChI is InChI=1S/C20H23N3O4S/c1-28(25,26)23-15-19(27-18-10-6-5-9-17(18)23)20(24)22-13-11-21(12-14-22)16-7-3-2-4-8-16/h2-10,19H,11-15H2,1H3. The monoisotopic (exact) mass is 401 g/mol. The molecule has 0 bridgehead atoms.